The maximum absolute atomic E-state index is 11.1. The molecule has 0 aromatic heterocycles. The quantitative estimate of drug-likeness (QED) is 0.552. The molecular weight excluding hydrogens is 178 g/mol. The van der Waals surface area contributed by atoms with E-state index in [4.69, 9.17) is 10.5 Å². The highest BCUT2D eigenvalue weighted by Crippen LogP contribution is 2.23. The van der Waals surface area contributed by atoms with Gasteiger partial charge in [0.15, 0.2) is 0 Å². The zero-order valence-corrected chi connectivity index (χ0v) is 8.79. The Bertz CT molecular complexity index is 217. The SMILES string of the molecule is C=C(C)C(=O)OCC1CCC(N)CC1. The third kappa shape index (κ3) is 3.50. The van der Waals surface area contributed by atoms with Crippen LogP contribution in [0, 0.1) is 5.92 Å². The summed E-state index contributed by atoms with van der Waals surface area (Å²) in [6.07, 6.45) is 4.25. The van der Waals surface area contributed by atoms with E-state index in [-0.39, 0.29) is 5.97 Å². The molecule has 1 aliphatic rings. The van der Waals surface area contributed by atoms with Crippen LogP contribution in [-0.4, -0.2) is 18.6 Å². The Labute approximate surface area is 85.3 Å². The first-order valence-corrected chi connectivity index (χ1v) is 5.18. The Morgan fingerprint density at radius 3 is 2.50 bits per heavy atom. The van der Waals surface area contributed by atoms with Gasteiger partial charge in [0.05, 0.1) is 6.61 Å². The fraction of sp³-hybridized carbons (Fsp3) is 0.727. The van der Waals surface area contributed by atoms with Crippen molar-refractivity contribution in [1.82, 2.24) is 0 Å². The molecule has 14 heavy (non-hydrogen) atoms. The van der Waals surface area contributed by atoms with Crippen molar-refractivity contribution in [3.8, 4) is 0 Å². The summed E-state index contributed by atoms with van der Waals surface area (Å²) < 4.78 is 5.10. The maximum Gasteiger partial charge on any atom is 0.333 e. The molecule has 0 amide bonds. The van der Waals surface area contributed by atoms with Gasteiger partial charge >= 0.3 is 5.97 Å². The molecule has 0 unspecified atom stereocenters. The van der Waals surface area contributed by atoms with Crippen LogP contribution < -0.4 is 5.73 Å². The van der Waals surface area contributed by atoms with E-state index >= 15 is 0 Å². The van der Waals surface area contributed by atoms with Gasteiger partial charge in [0, 0.05) is 11.6 Å². The first-order chi connectivity index (χ1) is 6.59. The molecular formula is C11H19NO2. The van der Waals surface area contributed by atoms with E-state index in [1.54, 1.807) is 6.92 Å². The molecule has 0 bridgehead atoms. The van der Waals surface area contributed by atoms with E-state index in [0.29, 0.717) is 24.1 Å². The minimum absolute atomic E-state index is 0.278. The predicted octanol–water partition coefficient (Wildman–Crippen LogP) is 1.62. The second-order valence-corrected chi connectivity index (χ2v) is 4.16. The average molecular weight is 197 g/mol. The molecule has 3 heteroatoms. The predicted molar refractivity (Wildman–Crippen MR) is 55.7 cm³/mol. The topological polar surface area (TPSA) is 52.3 Å². The van der Waals surface area contributed by atoms with Crippen LogP contribution in [0.5, 0.6) is 0 Å². The molecule has 1 saturated carbocycles. The summed E-state index contributed by atoms with van der Waals surface area (Å²) in [5.41, 5.74) is 6.25. The van der Waals surface area contributed by atoms with E-state index in [2.05, 4.69) is 6.58 Å². The summed E-state index contributed by atoms with van der Waals surface area (Å²) in [6.45, 7) is 5.73. The normalized spacial score (nSPS) is 27.0. The minimum Gasteiger partial charge on any atom is -0.462 e. The Morgan fingerprint density at radius 1 is 1.43 bits per heavy atom. The third-order valence-electron chi connectivity index (χ3n) is 2.69. The molecule has 1 fully saturated rings. The Kier molecular flexibility index (Phi) is 4.14. The van der Waals surface area contributed by atoms with Gasteiger partial charge < -0.3 is 10.5 Å². The van der Waals surface area contributed by atoms with Gasteiger partial charge in [-0.25, -0.2) is 4.79 Å². The fourth-order valence-corrected chi connectivity index (χ4v) is 1.67. The number of carbonyl (C=O) groups is 1. The number of hydrogen-bond acceptors (Lipinski definition) is 3. The molecule has 0 radical (unpaired) electrons. The van der Waals surface area contributed by atoms with Crippen molar-refractivity contribution in [3.05, 3.63) is 12.2 Å². The van der Waals surface area contributed by atoms with Gasteiger partial charge in [-0.3, -0.25) is 0 Å². The summed E-state index contributed by atoms with van der Waals surface area (Å²) in [4.78, 5) is 11.1. The van der Waals surface area contributed by atoms with Crippen LogP contribution in [0.4, 0.5) is 0 Å². The highest BCUT2D eigenvalue weighted by molar-refractivity contribution is 5.86. The molecule has 0 atom stereocenters. The first kappa shape index (κ1) is 11.2. The zero-order valence-electron chi connectivity index (χ0n) is 8.79. The van der Waals surface area contributed by atoms with Crippen molar-refractivity contribution in [2.45, 2.75) is 38.6 Å². The summed E-state index contributed by atoms with van der Waals surface area (Å²) in [5, 5.41) is 0. The van der Waals surface area contributed by atoms with Crippen LogP contribution in [0.15, 0.2) is 12.2 Å². The van der Waals surface area contributed by atoms with Crippen LogP contribution in [0.3, 0.4) is 0 Å². The lowest BCUT2D eigenvalue weighted by Crippen LogP contribution is -2.28. The number of ether oxygens (including phenoxy) is 1. The molecule has 0 aromatic rings. The molecule has 80 valence electrons. The first-order valence-electron chi connectivity index (χ1n) is 5.18. The second kappa shape index (κ2) is 5.15. The van der Waals surface area contributed by atoms with Crippen molar-refractivity contribution in [2.75, 3.05) is 6.61 Å². The van der Waals surface area contributed by atoms with Gasteiger partial charge in [0.1, 0.15) is 0 Å². The summed E-state index contributed by atoms with van der Waals surface area (Å²) >= 11 is 0. The smallest absolute Gasteiger partial charge is 0.333 e. The zero-order chi connectivity index (χ0) is 10.6. The number of nitrogens with two attached hydrogens (primary N) is 1. The number of hydrogen-bond donors (Lipinski definition) is 1. The van der Waals surface area contributed by atoms with Gasteiger partial charge in [0.2, 0.25) is 0 Å². The van der Waals surface area contributed by atoms with Crippen LogP contribution in [0.2, 0.25) is 0 Å². The van der Waals surface area contributed by atoms with Gasteiger partial charge in [-0.15, -0.1) is 0 Å². The lowest BCUT2D eigenvalue weighted by Gasteiger charge is -2.25. The monoisotopic (exact) mass is 197 g/mol. The summed E-state index contributed by atoms with van der Waals surface area (Å²) in [5.74, 6) is 0.220. The molecule has 0 saturated heterocycles. The van der Waals surface area contributed by atoms with Crippen molar-refractivity contribution < 1.29 is 9.53 Å². The van der Waals surface area contributed by atoms with Crippen LogP contribution >= 0.6 is 0 Å². The molecule has 1 aliphatic carbocycles. The van der Waals surface area contributed by atoms with Crippen molar-refractivity contribution in [2.24, 2.45) is 11.7 Å². The highest BCUT2D eigenvalue weighted by Gasteiger charge is 2.19. The van der Waals surface area contributed by atoms with Crippen molar-refractivity contribution in [1.29, 1.82) is 0 Å². The van der Waals surface area contributed by atoms with Crippen molar-refractivity contribution in [3.63, 3.8) is 0 Å². The van der Waals surface area contributed by atoms with E-state index in [1.807, 2.05) is 0 Å². The largest absolute Gasteiger partial charge is 0.462 e. The van der Waals surface area contributed by atoms with Gasteiger partial charge in [0.25, 0.3) is 0 Å². The lowest BCUT2D eigenvalue weighted by atomic mass is 9.87. The van der Waals surface area contributed by atoms with E-state index in [9.17, 15) is 4.79 Å². The van der Waals surface area contributed by atoms with E-state index in [0.717, 1.165) is 25.7 Å². The molecule has 0 heterocycles. The Morgan fingerprint density at radius 2 is 2.00 bits per heavy atom. The average Bonchev–Trinajstić information content (AvgIpc) is 2.16. The van der Waals surface area contributed by atoms with Crippen LogP contribution in [0.25, 0.3) is 0 Å². The molecule has 1 rings (SSSR count). The molecule has 3 nitrogen and oxygen atoms in total. The highest BCUT2D eigenvalue weighted by atomic mass is 16.5. The molecule has 0 aromatic carbocycles. The maximum atomic E-state index is 11.1. The molecule has 0 aliphatic heterocycles. The van der Waals surface area contributed by atoms with Crippen LogP contribution in [-0.2, 0) is 9.53 Å². The van der Waals surface area contributed by atoms with E-state index < -0.39 is 0 Å². The lowest BCUT2D eigenvalue weighted by molar-refractivity contribution is -0.140. The molecule has 2 N–H and O–H groups in total. The number of carbonyl (C=O) groups excluding carboxylic acids is 1. The second-order valence-electron chi connectivity index (χ2n) is 4.16. The summed E-state index contributed by atoms with van der Waals surface area (Å²) in [6, 6.07) is 0.350. The third-order valence-corrected chi connectivity index (χ3v) is 2.69. The number of esters is 1. The molecule has 0 spiro atoms. The van der Waals surface area contributed by atoms with Crippen LogP contribution in [0.1, 0.15) is 32.6 Å². The standard InChI is InChI=1S/C11H19NO2/c1-8(2)11(13)14-7-9-3-5-10(12)6-4-9/h9-10H,1,3-7,12H2,2H3. The minimum atomic E-state index is -0.278. The number of rotatable bonds is 3. The Balaban J connectivity index is 2.19. The van der Waals surface area contributed by atoms with Crippen molar-refractivity contribution >= 4 is 5.97 Å². The van der Waals surface area contributed by atoms with Gasteiger partial charge in [-0.1, -0.05) is 6.58 Å². The Hall–Kier alpha value is -0.830. The van der Waals surface area contributed by atoms with Gasteiger partial charge in [-0.05, 0) is 38.5 Å². The van der Waals surface area contributed by atoms with E-state index in [1.165, 1.54) is 0 Å². The fourth-order valence-electron chi connectivity index (χ4n) is 1.67. The van der Waals surface area contributed by atoms with Gasteiger partial charge in [-0.2, -0.15) is 0 Å². The summed E-state index contributed by atoms with van der Waals surface area (Å²) in [7, 11) is 0.